The van der Waals surface area contributed by atoms with Crippen LogP contribution in [0.25, 0.3) is 0 Å². The molecule has 0 radical (unpaired) electrons. The number of rotatable bonds is 10. The standard InChI is InChI=1S/C17H26N2O5S/c1-12-10-14(11-15(13(12)2)25(18,23)24)17(22)19-9-7-5-3-4-6-8-16(20)21/h10-11H,3-9H2,1-2H3,(H,19,22)(H,20,21)(H2,18,23,24). The number of unbranched alkanes of at least 4 members (excludes halogenated alkanes) is 4. The summed E-state index contributed by atoms with van der Waals surface area (Å²) in [5, 5.41) is 16.5. The van der Waals surface area contributed by atoms with Crippen molar-refractivity contribution in [3.8, 4) is 0 Å². The van der Waals surface area contributed by atoms with Gasteiger partial charge in [-0.25, -0.2) is 13.6 Å². The largest absolute Gasteiger partial charge is 0.481 e. The van der Waals surface area contributed by atoms with Gasteiger partial charge in [0.1, 0.15) is 0 Å². The van der Waals surface area contributed by atoms with Crippen LogP contribution >= 0.6 is 0 Å². The molecule has 1 amide bonds. The second-order valence-corrected chi connectivity index (χ2v) is 7.66. The first-order chi connectivity index (χ1) is 11.6. The highest BCUT2D eigenvalue weighted by atomic mass is 32.2. The first kappa shape index (κ1) is 21.1. The quantitative estimate of drug-likeness (QED) is 0.544. The number of carbonyl (C=O) groups is 2. The summed E-state index contributed by atoms with van der Waals surface area (Å²) in [6.07, 6.45) is 4.31. The van der Waals surface area contributed by atoms with Gasteiger partial charge >= 0.3 is 5.97 Å². The van der Waals surface area contributed by atoms with Crippen LogP contribution in [0.3, 0.4) is 0 Å². The van der Waals surface area contributed by atoms with Gasteiger partial charge in [-0.15, -0.1) is 0 Å². The van der Waals surface area contributed by atoms with Gasteiger partial charge < -0.3 is 10.4 Å². The van der Waals surface area contributed by atoms with E-state index in [0.717, 1.165) is 25.7 Å². The maximum Gasteiger partial charge on any atom is 0.303 e. The van der Waals surface area contributed by atoms with Crippen molar-refractivity contribution < 1.29 is 23.1 Å². The first-order valence-corrected chi connectivity index (χ1v) is 9.81. The molecule has 0 aliphatic heterocycles. The van der Waals surface area contributed by atoms with Crippen molar-refractivity contribution >= 4 is 21.9 Å². The Labute approximate surface area is 148 Å². The normalized spacial score (nSPS) is 11.3. The number of carbonyl (C=O) groups excluding carboxylic acids is 1. The Balaban J connectivity index is 2.48. The van der Waals surface area contributed by atoms with E-state index in [4.69, 9.17) is 10.2 Å². The number of nitrogens with two attached hydrogens (primary N) is 1. The van der Waals surface area contributed by atoms with Crippen LogP contribution in [0, 0.1) is 13.8 Å². The molecule has 1 aromatic carbocycles. The molecular weight excluding hydrogens is 344 g/mol. The van der Waals surface area contributed by atoms with Gasteiger partial charge in [-0.3, -0.25) is 9.59 Å². The van der Waals surface area contributed by atoms with E-state index < -0.39 is 16.0 Å². The van der Waals surface area contributed by atoms with E-state index >= 15 is 0 Å². The molecule has 1 rings (SSSR count). The molecule has 1 aromatic rings. The fourth-order valence-corrected chi connectivity index (χ4v) is 3.37. The minimum atomic E-state index is -3.88. The molecular formula is C17H26N2O5S. The molecule has 0 spiro atoms. The minimum Gasteiger partial charge on any atom is -0.481 e. The minimum absolute atomic E-state index is 0.0314. The van der Waals surface area contributed by atoms with Crippen LogP contribution in [0.1, 0.15) is 60.0 Å². The highest BCUT2D eigenvalue weighted by molar-refractivity contribution is 7.89. The van der Waals surface area contributed by atoms with E-state index in [2.05, 4.69) is 5.32 Å². The molecule has 0 saturated carbocycles. The van der Waals surface area contributed by atoms with Gasteiger partial charge in [0.25, 0.3) is 5.91 Å². The van der Waals surface area contributed by atoms with Gasteiger partial charge in [0.05, 0.1) is 4.90 Å². The van der Waals surface area contributed by atoms with E-state index in [-0.39, 0.29) is 22.8 Å². The van der Waals surface area contributed by atoms with Crippen LogP contribution < -0.4 is 10.5 Å². The Hall–Kier alpha value is -1.93. The van der Waals surface area contributed by atoms with Crippen LogP contribution in [0.15, 0.2) is 17.0 Å². The summed E-state index contributed by atoms with van der Waals surface area (Å²) in [6, 6.07) is 2.95. The summed E-state index contributed by atoms with van der Waals surface area (Å²) in [6.45, 7) is 3.87. The molecule has 8 heteroatoms. The predicted molar refractivity (Wildman–Crippen MR) is 95.0 cm³/mol. The maximum atomic E-state index is 12.2. The Morgan fingerprint density at radius 3 is 2.28 bits per heavy atom. The highest BCUT2D eigenvalue weighted by Gasteiger charge is 2.17. The van der Waals surface area contributed by atoms with Gasteiger partial charge in [-0.2, -0.15) is 0 Å². The van der Waals surface area contributed by atoms with E-state index in [9.17, 15) is 18.0 Å². The highest BCUT2D eigenvalue weighted by Crippen LogP contribution is 2.20. The molecule has 0 bridgehead atoms. The SMILES string of the molecule is Cc1cc(C(=O)NCCCCCCCC(=O)O)cc(S(N)(=O)=O)c1C. The van der Waals surface area contributed by atoms with Crippen molar-refractivity contribution in [1.29, 1.82) is 0 Å². The average Bonchev–Trinajstić information content (AvgIpc) is 2.50. The average molecular weight is 370 g/mol. The van der Waals surface area contributed by atoms with Crippen LogP contribution in [-0.4, -0.2) is 31.9 Å². The number of primary sulfonamides is 1. The first-order valence-electron chi connectivity index (χ1n) is 8.27. The van der Waals surface area contributed by atoms with Crippen LogP contribution in [-0.2, 0) is 14.8 Å². The van der Waals surface area contributed by atoms with Crippen molar-refractivity contribution in [2.24, 2.45) is 5.14 Å². The van der Waals surface area contributed by atoms with E-state index in [1.54, 1.807) is 19.9 Å². The zero-order chi connectivity index (χ0) is 19.0. The van der Waals surface area contributed by atoms with Crippen LogP contribution in [0.2, 0.25) is 0 Å². The van der Waals surface area contributed by atoms with Crippen molar-refractivity contribution in [3.63, 3.8) is 0 Å². The third-order valence-electron chi connectivity index (χ3n) is 4.04. The molecule has 7 nitrogen and oxygen atoms in total. The second-order valence-electron chi connectivity index (χ2n) is 6.13. The lowest BCUT2D eigenvalue weighted by Crippen LogP contribution is -2.25. The molecule has 0 aliphatic rings. The van der Waals surface area contributed by atoms with Gasteiger partial charge in [-0.05, 0) is 49.9 Å². The summed E-state index contributed by atoms with van der Waals surface area (Å²) in [4.78, 5) is 22.5. The number of benzene rings is 1. The number of aliphatic carboxylic acids is 1. The lowest BCUT2D eigenvalue weighted by Gasteiger charge is -2.11. The second kappa shape index (κ2) is 9.53. The summed E-state index contributed by atoms with van der Waals surface area (Å²) in [5.74, 6) is -1.11. The zero-order valence-electron chi connectivity index (χ0n) is 14.7. The van der Waals surface area contributed by atoms with Crippen molar-refractivity contribution in [3.05, 3.63) is 28.8 Å². The van der Waals surface area contributed by atoms with Crippen LogP contribution in [0.4, 0.5) is 0 Å². The van der Waals surface area contributed by atoms with Gasteiger partial charge in [0, 0.05) is 18.5 Å². The summed E-state index contributed by atoms with van der Waals surface area (Å²) in [7, 11) is -3.88. The number of hydrogen-bond acceptors (Lipinski definition) is 4. The Morgan fingerprint density at radius 2 is 1.68 bits per heavy atom. The monoisotopic (exact) mass is 370 g/mol. The lowest BCUT2D eigenvalue weighted by atomic mass is 10.1. The third-order valence-corrected chi connectivity index (χ3v) is 5.08. The third kappa shape index (κ3) is 7.23. The molecule has 25 heavy (non-hydrogen) atoms. The summed E-state index contributed by atoms with van der Waals surface area (Å²) < 4.78 is 23.2. The molecule has 0 fully saturated rings. The fourth-order valence-electron chi connectivity index (χ4n) is 2.49. The molecule has 0 aromatic heterocycles. The molecule has 0 aliphatic carbocycles. The van der Waals surface area contributed by atoms with Crippen molar-refractivity contribution in [2.45, 2.75) is 57.3 Å². The van der Waals surface area contributed by atoms with E-state index in [0.29, 0.717) is 24.1 Å². The number of sulfonamides is 1. The maximum absolute atomic E-state index is 12.2. The van der Waals surface area contributed by atoms with E-state index in [1.807, 2.05) is 0 Å². The Bertz CT molecular complexity index is 729. The molecule has 0 heterocycles. The lowest BCUT2D eigenvalue weighted by molar-refractivity contribution is -0.137. The van der Waals surface area contributed by atoms with Crippen molar-refractivity contribution in [2.75, 3.05) is 6.54 Å². The Kier molecular flexibility index (Phi) is 8.05. The number of aryl methyl sites for hydroxylation is 1. The number of hydrogen-bond donors (Lipinski definition) is 3. The molecule has 0 atom stereocenters. The molecule has 0 unspecified atom stereocenters. The van der Waals surface area contributed by atoms with Gasteiger partial charge in [0.2, 0.25) is 10.0 Å². The smallest absolute Gasteiger partial charge is 0.303 e. The Morgan fingerprint density at radius 1 is 1.08 bits per heavy atom. The number of carboxylic acids is 1. The number of amides is 1. The van der Waals surface area contributed by atoms with E-state index in [1.165, 1.54) is 6.07 Å². The van der Waals surface area contributed by atoms with Gasteiger partial charge in [0.15, 0.2) is 0 Å². The summed E-state index contributed by atoms with van der Waals surface area (Å²) in [5.41, 5.74) is 1.50. The molecule has 0 saturated heterocycles. The zero-order valence-corrected chi connectivity index (χ0v) is 15.5. The predicted octanol–water partition coefficient (Wildman–Crippen LogP) is 2.11. The molecule has 140 valence electrons. The topological polar surface area (TPSA) is 127 Å². The number of carboxylic acid groups (broad SMARTS) is 1. The van der Waals surface area contributed by atoms with Crippen molar-refractivity contribution in [1.82, 2.24) is 5.32 Å². The summed E-state index contributed by atoms with van der Waals surface area (Å²) >= 11 is 0. The van der Waals surface area contributed by atoms with Gasteiger partial charge in [-0.1, -0.05) is 19.3 Å². The molecule has 4 N–H and O–H groups in total. The fraction of sp³-hybridized carbons (Fsp3) is 0.529. The van der Waals surface area contributed by atoms with Crippen LogP contribution in [0.5, 0.6) is 0 Å². The number of nitrogens with one attached hydrogen (secondary N) is 1.